The predicted octanol–water partition coefficient (Wildman–Crippen LogP) is 2.11. The van der Waals surface area contributed by atoms with Crippen molar-refractivity contribution in [2.75, 3.05) is 11.1 Å². The molecule has 3 rings (SSSR count). The van der Waals surface area contributed by atoms with Gasteiger partial charge in [-0.05, 0) is 56.9 Å². The van der Waals surface area contributed by atoms with Gasteiger partial charge >= 0.3 is 0 Å². The quantitative estimate of drug-likeness (QED) is 0.707. The molecule has 3 N–H and O–H groups in total. The summed E-state index contributed by atoms with van der Waals surface area (Å²) in [6.45, 7) is 2.82. The van der Waals surface area contributed by atoms with Crippen molar-refractivity contribution < 1.29 is 18.3 Å². The molecule has 0 unspecified atom stereocenters. The molecule has 8 nitrogen and oxygen atoms in total. The fraction of sp³-hybridized carbons (Fsp3) is 0.471. The van der Waals surface area contributed by atoms with Gasteiger partial charge in [-0.25, -0.2) is 13.5 Å². The number of phenols is 1. The average Bonchev–Trinajstić information content (AvgIpc) is 3.00. The number of H-pyrrole nitrogens is 1. The molecule has 2 aromatic rings. The number of amides is 1. The van der Waals surface area contributed by atoms with Crippen LogP contribution < -0.4 is 5.32 Å². The molecule has 0 aliphatic heterocycles. The van der Waals surface area contributed by atoms with Crippen LogP contribution in [-0.2, 0) is 14.6 Å². The number of benzene rings is 1. The van der Waals surface area contributed by atoms with Crippen LogP contribution in [-0.4, -0.2) is 45.1 Å². The molecule has 1 aromatic heterocycles. The number of aromatic amines is 1. The van der Waals surface area contributed by atoms with E-state index in [1.807, 2.05) is 0 Å². The van der Waals surface area contributed by atoms with Crippen LogP contribution in [0.5, 0.6) is 5.75 Å². The van der Waals surface area contributed by atoms with Crippen molar-refractivity contribution in [1.82, 2.24) is 15.2 Å². The van der Waals surface area contributed by atoms with Crippen molar-refractivity contribution in [3.05, 3.63) is 24.3 Å². The monoisotopic (exact) mass is 378 g/mol. The molecule has 1 aliphatic carbocycles. The van der Waals surface area contributed by atoms with E-state index >= 15 is 0 Å². The maximum absolute atomic E-state index is 12.6. The SMILES string of the molecule is CC(C)(C(=O)Nc1nc(-c2ccc(O)cc2)n[nH]1)S(=O)(=O)CC1CCC1. The summed E-state index contributed by atoms with van der Waals surface area (Å²) in [4.78, 5) is 16.7. The largest absolute Gasteiger partial charge is 0.508 e. The van der Waals surface area contributed by atoms with Crippen LogP contribution in [0.1, 0.15) is 33.1 Å². The summed E-state index contributed by atoms with van der Waals surface area (Å²) in [6.07, 6.45) is 2.84. The van der Waals surface area contributed by atoms with Crippen molar-refractivity contribution in [2.45, 2.75) is 37.9 Å². The number of anilines is 1. The van der Waals surface area contributed by atoms with Gasteiger partial charge in [0.05, 0.1) is 5.75 Å². The number of aromatic nitrogens is 3. The van der Waals surface area contributed by atoms with Crippen molar-refractivity contribution in [1.29, 1.82) is 0 Å². The first kappa shape index (κ1) is 18.4. The summed E-state index contributed by atoms with van der Waals surface area (Å²) in [5.41, 5.74) is 0.649. The van der Waals surface area contributed by atoms with E-state index in [1.54, 1.807) is 12.1 Å². The van der Waals surface area contributed by atoms with Gasteiger partial charge in [0.25, 0.3) is 0 Å². The summed E-state index contributed by atoms with van der Waals surface area (Å²) < 4.78 is 23.7. The highest BCUT2D eigenvalue weighted by molar-refractivity contribution is 7.93. The third kappa shape index (κ3) is 3.57. The Balaban J connectivity index is 1.71. The Morgan fingerprint density at radius 2 is 1.96 bits per heavy atom. The van der Waals surface area contributed by atoms with Crippen LogP contribution in [0.15, 0.2) is 24.3 Å². The van der Waals surface area contributed by atoms with Gasteiger partial charge in [-0.15, -0.1) is 0 Å². The second kappa shape index (κ2) is 6.71. The minimum atomic E-state index is -3.59. The topological polar surface area (TPSA) is 125 Å². The van der Waals surface area contributed by atoms with Gasteiger partial charge < -0.3 is 5.11 Å². The van der Waals surface area contributed by atoms with E-state index in [0.717, 1.165) is 19.3 Å². The normalized spacial score (nSPS) is 15.5. The zero-order valence-corrected chi connectivity index (χ0v) is 15.5. The standard InChI is InChI=1S/C17H22N4O4S/c1-17(2,26(24,25)10-11-4-3-5-11)15(23)19-16-18-14(20-21-16)12-6-8-13(22)9-7-12/h6-9,11,22H,3-5,10H2,1-2H3,(H2,18,19,20,21,23). The molecule has 1 aromatic carbocycles. The van der Waals surface area contributed by atoms with Crippen molar-refractivity contribution in [3.63, 3.8) is 0 Å². The van der Waals surface area contributed by atoms with Crippen molar-refractivity contribution in [2.24, 2.45) is 5.92 Å². The molecule has 140 valence electrons. The van der Waals surface area contributed by atoms with Gasteiger partial charge in [0.2, 0.25) is 11.9 Å². The molecular formula is C17H22N4O4S. The summed E-state index contributed by atoms with van der Waals surface area (Å²) in [6, 6.07) is 6.27. The van der Waals surface area contributed by atoms with Gasteiger partial charge in [-0.1, -0.05) is 6.42 Å². The number of nitrogens with zero attached hydrogens (tertiary/aromatic N) is 2. The first-order chi connectivity index (χ1) is 12.2. The van der Waals surface area contributed by atoms with Crippen LogP contribution >= 0.6 is 0 Å². The highest BCUT2D eigenvalue weighted by Crippen LogP contribution is 2.31. The number of hydrogen-bond acceptors (Lipinski definition) is 6. The predicted molar refractivity (Wildman–Crippen MR) is 97.3 cm³/mol. The number of aromatic hydroxyl groups is 1. The Morgan fingerprint density at radius 3 is 2.54 bits per heavy atom. The van der Waals surface area contributed by atoms with Crippen LogP contribution in [0, 0.1) is 5.92 Å². The zero-order valence-electron chi connectivity index (χ0n) is 14.7. The third-order valence-corrected chi connectivity index (χ3v) is 7.50. The number of hydrogen-bond donors (Lipinski definition) is 3. The van der Waals surface area contributed by atoms with E-state index in [4.69, 9.17) is 0 Å². The lowest BCUT2D eigenvalue weighted by molar-refractivity contribution is -0.117. The zero-order chi connectivity index (χ0) is 18.9. The summed E-state index contributed by atoms with van der Waals surface area (Å²) in [5, 5.41) is 18.4. The van der Waals surface area contributed by atoms with E-state index in [-0.39, 0.29) is 23.4 Å². The Morgan fingerprint density at radius 1 is 1.31 bits per heavy atom. The molecule has 1 amide bonds. The number of phenolic OH excluding ortho intramolecular Hbond substituents is 1. The van der Waals surface area contributed by atoms with E-state index < -0.39 is 20.5 Å². The molecule has 1 saturated carbocycles. The molecule has 1 fully saturated rings. The Labute approximate surface area is 152 Å². The lowest BCUT2D eigenvalue weighted by atomic mass is 9.87. The molecular weight excluding hydrogens is 356 g/mol. The van der Waals surface area contributed by atoms with Crippen LogP contribution in [0.25, 0.3) is 11.4 Å². The first-order valence-corrected chi connectivity index (χ1v) is 10.1. The maximum atomic E-state index is 12.6. The number of sulfone groups is 1. The van der Waals surface area contributed by atoms with Crippen LogP contribution in [0.3, 0.4) is 0 Å². The van der Waals surface area contributed by atoms with Gasteiger partial charge in [0, 0.05) is 5.56 Å². The minimum Gasteiger partial charge on any atom is -0.508 e. The Bertz CT molecular complexity index is 899. The van der Waals surface area contributed by atoms with E-state index in [9.17, 15) is 18.3 Å². The second-order valence-electron chi connectivity index (χ2n) is 7.10. The Kier molecular flexibility index (Phi) is 4.74. The van der Waals surface area contributed by atoms with Gasteiger partial charge in [-0.3, -0.25) is 10.1 Å². The molecule has 0 bridgehead atoms. The summed E-state index contributed by atoms with van der Waals surface area (Å²) in [7, 11) is -3.59. The van der Waals surface area contributed by atoms with Gasteiger partial charge in [0.1, 0.15) is 10.5 Å². The fourth-order valence-electron chi connectivity index (χ4n) is 2.63. The van der Waals surface area contributed by atoms with Crippen molar-refractivity contribution >= 4 is 21.7 Å². The summed E-state index contributed by atoms with van der Waals surface area (Å²) >= 11 is 0. The van der Waals surface area contributed by atoms with Crippen LogP contribution in [0.4, 0.5) is 5.95 Å². The van der Waals surface area contributed by atoms with Crippen LogP contribution in [0.2, 0.25) is 0 Å². The molecule has 1 heterocycles. The maximum Gasteiger partial charge on any atom is 0.247 e. The van der Waals surface area contributed by atoms with E-state index in [1.165, 1.54) is 26.0 Å². The van der Waals surface area contributed by atoms with Gasteiger partial charge in [-0.2, -0.15) is 10.1 Å². The van der Waals surface area contributed by atoms with E-state index in [0.29, 0.717) is 11.4 Å². The van der Waals surface area contributed by atoms with E-state index in [2.05, 4.69) is 20.5 Å². The molecule has 0 saturated heterocycles. The highest BCUT2D eigenvalue weighted by Gasteiger charge is 2.43. The molecule has 0 atom stereocenters. The number of carbonyl (C=O) groups excluding carboxylic acids is 1. The third-order valence-electron chi connectivity index (χ3n) is 4.85. The molecule has 9 heteroatoms. The molecule has 0 radical (unpaired) electrons. The second-order valence-corrected chi connectivity index (χ2v) is 9.68. The highest BCUT2D eigenvalue weighted by atomic mass is 32.2. The number of carbonyl (C=O) groups is 1. The average molecular weight is 378 g/mol. The Hall–Kier alpha value is -2.42. The minimum absolute atomic E-state index is 0.0303. The molecule has 26 heavy (non-hydrogen) atoms. The lowest BCUT2D eigenvalue weighted by Crippen LogP contribution is -2.47. The van der Waals surface area contributed by atoms with Crippen molar-refractivity contribution in [3.8, 4) is 17.1 Å². The lowest BCUT2D eigenvalue weighted by Gasteiger charge is -2.30. The fourth-order valence-corrected chi connectivity index (χ4v) is 4.34. The number of rotatable bonds is 6. The van der Waals surface area contributed by atoms with Gasteiger partial charge in [0.15, 0.2) is 15.7 Å². The smallest absolute Gasteiger partial charge is 0.247 e. The number of nitrogens with one attached hydrogen (secondary N) is 2. The summed E-state index contributed by atoms with van der Waals surface area (Å²) in [5.74, 6) is 0.0584. The first-order valence-electron chi connectivity index (χ1n) is 8.44. The molecule has 0 spiro atoms. The molecule has 1 aliphatic rings.